The highest BCUT2D eigenvalue weighted by atomic mass is 14.9. The summed E-state index contributed by atoms with van der Waals surface area (Å²) in [4.78, 5) is 0. The first kappa shape index (κ1) is 8.79. The highest BCUT2D eigenvalue weighted by Gasteiger charge is 2.13. The van der Waals surface area contributed by atoms with Crippen LogP contribution in [0.15, 0.2) is 11.6 Å². The summed E-state index contributed by atoms with van der Waals surface area (Å²) in [5, 5.41) is 3.32. The lowest BCUT2D eigenvalue weighted by molar-refractivity contribution is 0.487. The van der Waals surface area contributed by atoms with E-state index in [2.05, 4.69) is 32.3 Å². The molecule has 1 nitrogen and oxygen atoms in total. The van der Waals surface area contributed by atoms with Crippen molar-refractivity contribution in [2.75, 3.05) is 7.05 Å². The molecule has 66 valence electrons. The second-order valence-electron chi connectivity index (χ2n) is 3.69. The van der Waals surface area contributed by atoms with Gasteiger partial charge in [-0.1, -0.05) is 25.5 Å². The number of hydrogen-bond donors (Lipinski definition) is 1. The fourth-order valence-electron chi connectivity index (χ4n) is 1.64. The normalized spacial score (nSPS) is 25.5. The maximum absolute atomic E-state index is 3.32. The molecule has 0 bridgehead atoms. The molecule has 1 heteroatoms. The van der Waals surface area contributed by atoms with Crippen LogP contribution in [0.1, 0.15) is 34.5 Å². The minimum absolute atomic E-state index is 0. The molecule has 0 saturated carbocycles. The maximum atomic E-state index is 3.32. The van der Waals surface area contributed by atoms with Gasteiger partial charge in [-0.3, -0.25) is 0 Å². The van der Waals surface area contributed by atoms with Crippen LogP contribution >= 0.6 is 0 Å². The molecule has 0 amide bonds. The average Bonchev–Trinajstić information content (AvgIpc) is 2.05. The highest BCUT2D eigenvalue weighted by Crippen LogP contribution is 2.23. The van der Waals surface area contributed by atoms with Gasteiger partial charge in [0.05, 0.1) is 0 Å². The number of hydrogen-bond acceptors (Lipinski definition) is 1. The fraction of sp³-hybridized carbons (Fsp3) is 0.800. The molecule has 1 N–H and O–H groups in total. The van der Waals surface area contributed by atoms with E-state index in [1.165, 1.54) is 19.3 Å². The van der Waals surface area contributed by atoms with Crippen molar-refractivity contribution in [3.63, 3.8) is 0 Å². The number of nitrogens with one attached hydrogen (secondary N) is 1. The Morgan fingerprint density at radius 3 is 2.73 bits per heavy atom. The van der Waals surface area contributed by atoms with Gasteiger partial charge < -0.3 is 5.32 Å². The molecule has 0 aromatic heterocycles. The Labute approximate surface area is 71.4 Å². The van der Waals surface area contributed by atoms with E-state index in [0.717, 1.165) is 12.0 Å². The molecule has 0 spiro atoms. The first-order chi connectivity index (χ1) is 5.24. The predicted molar refractivity (Wildman–Crippen MR) is 51.7 cm³/mol. The van der Waals surface area contributed by atoms with Gasteiger partial charge in [0.1, 0.15) is 0 Å². The zero-order chi connectivity index (χ0) is 8.27. The van der Waals surface area contributed by atoms with Crippen LogP contribution in [-0.2, 0) is 0 Å². The average molecular weight is 155 g/mol. The number of allylic oxidation sites excluding steroid dienone is 1. The second kappa shape index (κ2) is 3.91. The topological polar surface area (TPSA) is 12.0 Å². The van der Waals surface area contributed by atoms with Crippen molar-refractivity contribution in [2.24, 2.45) is 5.92 Å². The summed E-state index contributed by atoms with van der Waals surface area (Å²) in [6.07, 6.45) is 6.25. The summed E-state index contributed by atoms with van der Waals surface area (Å²) in [5.74, 6) is 0.757. The Hall–Kier alpha value is -0.300. The van der Waals surface area contributed by atoms with E-state index >= 15 is 0 Å². The van der Waals surface area contributed by atoms with E-state index in [-0.39, 0.29) is 1.43 Å². The van der Waals surface area contributed by atoms with Gasteiger partial charge in [-0.05, 0) is 32.2 Å². The fourth-order valence-corrected chi connectivity index (χ4v) is 1.64. The van der Waals surface area contributed by atoms with E-state index in [1.807, 2.05) is 0 Å². The Morgan fingerprint density at radius 2 is 2.36 bits per heavy atom. The first-order valence-corrected chi connectivity index (χ1v) is 4.60. The van der Waals surface area contributed by atoms with Crippen molar-refractivity contribution in [3.05, 3.63) is 11.6 Å². The minimum atomic E-state index is 0. The van der Waals surface area contributed by atoms with Crippen molar-refractivity contribution in [2.45, 2.75) is 39.2 Å². The third-order valence-electron chi connectivity index (χ3n) is 2.60. The lowest BCUT2D eigenvalue weighted by Crippen LogP contribution is -2.27. The third kappa shape index (κ3) is 2.33. The molecule has 11 heavy (non-hydrogen) atoms. The van der Waals surface area contributed by atoms with Crippen LogP contribution in [0.4, 0.5) is 0 Å². The molecular weight excluding hydrogens is 134 g/mol. The van der Waals surface area contributed by atoms with E-state index in [9.17, 15) is 0 Å². The molecule has 1 rings (SSSR count). The Bertz CT molecular complexity index is 152. The SMILES string of the molecule is CNC1CC=C(C(C)C)CC1.[HH]. The summed E-state index contributed by atoms with van der Waals surface area (Å²) in [5.41, 5.74) is 1.65. The summed E-state index contributed by atoms with van der Waals surface area (Å²) >= 11 is 0. The van der Waals surface area contributed by atoms with Crippen LogP contribution in [0.25, 0.3) is 0 Å². The number of rotatable bonds is 2. The van der Waals surface area contributed by atoms with E-state index in [4.69, 9.17) is 0 Å². The van der Waals surface area contributed by atoms with Gasteiger partial charge in [-0.15, -0.1) is 0 Å². The monoisotopic (exact) mass is 155 g/mol. The molecular formula is C10H21N. The first-order valence-electron chi connectivity index (χ1n) is 4.60. The zero-order valence-corrected chi connectivity index (χ0v) is 7.85. The maximum Gasteiger partial charge on any atom is 0.0102 e. The Kier molecular flexibility index (Phi) is 3.13. The van der Waals surface area contributed by atoms with Gasteiger partial charge in [0.25, 0.3) is 0 Å². The molecule has 0 radical (unpaired) electrons. The van der Waals surface area contributed by atoms with Crippen LogP contribution in [0.2, 0.25) is 0 Å². The van der Waals surface area contributed by atoms with Crippen LogP contribution in [-0.4, -0.2) is 13.1 Å². The van der Waals surface area contributed by atoms with Crippen molar-refractivity contribution in [3.8, 4) is 0 Å². The van der Waals surface area contributed by atoms with Crippen LogP contribution < -0.4 is 5.32 Å². The second-order valence-corrected chi connectivity index (χ2v) is 3.69. The van der Waals surface area contributed by atoms with Gasteiger partial charge in [-0.2, -0.15) is 0 Å². The standard InChI is InChI=1S/C10H19N.H2/c1-8(2)9-4-6-10(11-3)7-5-9;/h4,8,10-11H,5-7H2,1-3H3;1H. The largest absolute Gasteiger partial charge is 0.317 e. The van der Waals surface area contributed by atoms with E-state index < -0.39 is 0 Å². The quantitative estimate of drug-likeness (QED) is 0.604. The molecule has 0 fully saturated rings. The molecule has 1 atom stereocenters. The van der Waals surface area contributed by atoms with Gasteiger partial charge in [0.15, 0.2) is 0 Å². The third-order valence-corrected chi connectivity index (χ3v) is 2.60. The molecule has 0 aromatic carbocycles. The summed E-state index contributed by atoms with van der Waals surface area (Å²) in [7, 11) is 2.05. The molecule has 0 saturated heterocycles. The van der Waals surface area contributed by atoms with Gasteiger partial charge >= 0.3 is 0 Å². The van der Waals surface area contributed by atoms with Crippen molar-refractivity contribution in [1.29, 1.82) is 0 Å². The summed E-state index contributed by atoms with van der Waals surface area (Å²) in [6, 6.07) is 0.734. The van der Waals surface area contributed by atoms with Crippen molar-refractivity contribution < 1.29 is 1.43 Å². The van der Waals surface area contributed by atoms with E-state index in [0.29, 0.717) is 0 Å². The van der Waals surface area contributed by atoms with Crippen molar-refractivity contribution >= 4 is 0 Å². The minimum Gasteiger partial charge on any atom is -0.317 e. The summed E-state index contributed by atoms with van der Waals surface area (Å²) < 4.78 is 0. The van der Waals surface area contributed by atoms with E-state index in [1.54, 1.807) is 5.57 Å². The lowest BCUT2D eigenvalue weighted by atomic mass is 9.89. The predicted octanol–water partition coefficient (Wildman–Crippen LogP) is 2.59. The van der Waals surface area contributed by atoms with Crippen LogP contribution in [0, 0.1) is 5.92 Å². The molecule has 1 aliphatic carbocycles. The zero-order valence-electron chi connectivity index (χ0n) is 7.85. The van der Waals surface area contributed by atoms with Gasteiger partial charge in [-0.25, -0.2) is 0 Å². The Morgan fingerprint density at radius 1 is 1.64 bits per heavy atom. The smallest absolute Gasteiger partial charge is 0.0102 e. The summed E-state index contributed by atoms with van der Waals surface area (Å²) in [6.45, 7) is 4.57. The molecule has 0 heterocycles. The molecule has 1 unspecified atom stereocenters. The molecule has 0 aliphatic heterocycles. The van der Waals surface area contributed by atoms with Gasteiger partial charge in [0.2, 0.25) is 0 Å². The van der Waals surface area contributed by atoms with Crippen LogP contribution in [0.5, 0.6) is 0 Å². The highest BCUT2D eigenvalue weighted by molar-refractivity contribution is 5.09. The Balaban J connectivity index is 0.00000121. The lowest BCUT2D eigenvalue weighted by Gasteiger charge is -2.23. The molecule has 1 aliphatic rings. The van der Waals surface area contributed by atoms with Gasteiger partial charge in [0, 0.05) is 7.47 Å². The molecule has 0 aromatic rings. The van der Waals surface area contributed by atoms with Crippen LogP contribution in [0.3, 0.4) is 0 Å². The van der Waals surface area contributed by atoms with Crippen molar-refractivity contribution in [1.82, 2.24) is 5.32 Å².